The standard InChI is InChI=1S/C36H38Cl2N8O3/c1-21(2)40-14-23-9-10-28(41-35(23)49-5)27-8-6-7-25(31(27)37)26-11-12-39-33(32(26)38)24-13-29(48-4)34-42-30(43-46(34)15-24)16-44-17-36(18-44)19-45(20-36)22(3)47/h6-13,15,21,40H,14,16-20H2,1-5H3. The Bertz CT molecular complexity index is 2050. The maximum atomic E-state index is 11.6. The lowest BCUT2D eigenvalue weighted by Gasteiger charge is -2.60. The highest BCUT2D eigenvalue weighted by Crippen LogP contribution is 2.43. The number of amides is 1. The number of fused-ring (bicyclic) bond motifs is 1. The molecule has 4 aromatic heterocycles. The summed E-state index contributed by atoms with van der Waals surface area (Å²) in [6, 6.07) is 13.8. The molecule has 1 spiro atoms. The van der Waals surface area contributed by atoms with E-state index in [9.17, 15) is 4.79 Å². The first kappa shape index (κ1) is 33.2. The van der Waals surface area contributed by atoms with Gasteiger partial charge in [0, 0.05) is 91.3 Å². The van der Waals surface area contributed by atoms with Crippen LogP contribution in [0.3, 0.4) is 0 Å². The fourth-order valence-corrected chi connectivity index (χ4v) is 7.43. The summed E-state index contributed by atoms with van der Waals surface area (Å²) in [6.45, 7) is 10.6. The van der Waals surface area contributed by atoms with Gasteiger partial charge in [0.25, 0.3) is 0 Å². The lowest BCUT2D eigenvalue weighted by molar-refractivity contribution is -0.157. The number of hydrogen-bond donors (Lipinski definition) is 1. The third-order valence-electron chi connectivity index (χ3n) is 9.21. The van der Waals surface area contributed by atoms with E-state index in [1.54, 1.807) is 31.9 Å². The van der Waals surface area contributed by atoms with E-state index in [4.69, 9.17) is 47.7 Å². The number of aromatic nitrogens is 5. The molecule has 0 aliphatic carbocycles. The van der Waals surface area contributed by atoms with E-state index < -0.39 is 0 Å². The predicted molar refractivity (Wildman–Crippen MR) is 190 cm³/mol. The number of rotatable bonds is 10. The fraction of sp³-hybridized carbons (Fsp3) is 0.361. The number of carbonyl (C=O) groups excluding carboxylic acids is 1. The van der Waals surface area contributed by atoms with Crippen LogP contribution in [0.2, 0.25) is 10.0 Å². The summed E-state index contributed by atoms with van der Waals surface area (Å²) in [7, 11) is 3.23. The average molecular weight is 702 g/mol. The number of carbonyl (C=O) groups is 1. The first-order chi connectivity index (χ1) is 23.6. The Morgan fingerprint density at radius 2 is 1.73 bits per heavy atom. The molecule has 0 atom stereocenters. The molecule has 0 bridgehead atoms. The Labute approximate surface area is 295 Å². The topological polar surface area (TPSA) is 110 Å². The minimum absolute atomic E-state index is 0.139. The van der Waals surface area contributed by atoms with Crippen LogP contribution in [0.25, 0.3) is 39.3 Å². The second-order valence-corrected chi connectivity index (χ2v) is 14.0. The lowest BCUT2D eigenvalue weighted by Crippen LogP contribution is -2.72. The zero-order valence-electron chi connectivity index (χ0n) is 28.1. The molecule has 2 aliphatic heterocycles. The molecule has 1 amide bonds. The van der Waals surface area contributed by atoms with E-state index in [1.807, 2.05) is 53.6 Å². The SMILES string of the molecule is COc1nc(-c2cccc(-c3ccnc(-c4cc(OC)c5nc(CN6CC7(C6)CN(C(C)=O)C7)nn5c4)c3Cl)c2Cl)ccc1CNC(C)C. The van der Waals surface area contributed by atoms with Crippen LogP contribution >= 0.6 is 23.2 Å². The van der Waals surface area contributed by atoms with Gasteiger partial charge in [-0.1, -0.05) is 61.3 Å². The first-order valence-electron chi connectivity index (χ1n) is 16.2. The third kappa shape index (κ3) is 6.32. The van der Waals surface area contributed by atoms with E-state index in [-0.39, 0.29) is 11.3 Å². The van der Waals surface area contributed by atoms with Crippen molar-refractivity contribution in [1.82, 2.24) is 39.7 Å². The van der Waals surface area contributed by atoms with Gasteiger partial charge in [0.2, 0.25) is 11.8 Å². The maximum Gasteiger partial charge on any atom is 0.219 e. The minimum Gasteiger partial charge on any atom is -0.493 e. The number of halogens is 2. The van der Waals surface area contributed by atoms with Gasteiger partial charge in [-0.3, -0.25) is 14.7 Å². The van der Waals surface area contributed by atoms with Crippen LogP contribution < -0.4 is 14.8 Å². The van der Waals surface area contributed by atoms with Gasteiger partial charge in [0.1, 0.15) is 0 Å². The van der Waals surface area contributed by atoms with Gasteiger partial charge in [-0.2, -0.15) is 0 Å². The van der Waals surface area contributed by atoms with Gasteiger partial charge in [-0.15, -0.1) is 5.10 Å². The first-order valence-corrected chi connectivity index (χ1v) is 17.0. The summed E-state index contributed by atoms with van der Waals surface area (Å²) >= 11 is 14.2. The molecule has 1 N–H and O–H groups in total. The molecular weight excluding hydrogens is 663 g/mol. The molecule has 11 nitrogen and oxygen atoms in total. The van der Waals surface area contributed by atoms with Gasteiger partial charge in [-0.05, 0) is 18.2 Å². The molecule has 0 saturated carbocycles. The quantitative estimate of drug-likeness (QED) is 0.187. The van der Waals surface area contributed by atoms with Gasteiger partial charge < -0.3 is 19.7 Å². The second-order valence-electron chi connectivity index (χ2n) is 13.2. The Hall–Kier alpha value is -4.29. The molecule has 49 heavy (non-hydrogen) atoms. The average Bonchev–Trinajstić information content (AvgIpc) is 3.46. The number of pyridine rings is 3. The molecular formula is C36H38Cl2N8O3. The summed E-state index contributed by atoms with van der Waals surface area (Å²) in [6.07, 6.45) is 3.58. The van der Waals surface area contributed by atoms with Crippen molar-refractivity contribution < 1.29 is 14.3 Å². The molecule has 254 valence electrons. The van der Waals surface area contributed by atoms with E-state index in [1.165, 1.54) is 0 Å². The second kappa shape index (κ2) is 13.2. The van der Waals surface area contributed by atoms with Crippen molar-refractivity contribution in [1.29, 1.82) is 0 Å². The van der Waals surface area contributed by atoms with Crippen LogP contribution in [0, 0.1) is 5.41 Å². The zero-order chi connectivity index (χ0) is 34.4. The van der Waals surface area contributed by atoms with Crippen molar-refractivity contribution >= 4 is 34.8 Å². The van der Waals surface area contributed by atoms with E-state index in [2.05, 4.69) is 29.0 Å². The molecule has 5 aromatic rings. The largest absolute Gasteiger partial charge is 0.493 e. The number of ether oxygens (including phenoxy) is 2. The van der Waals surface area contributed by atoms with Crippen molar-refractivity contribution in [3.63, 3.8) is 0 Å². The highest BCUT2D eigenvalue weighted by atomic mass is 35.5. The summed E-state index contributed by atoms with van der Waals surface area (Å²) < 4.78 is 13.1. The van der Waals surface area contributed by atoms with E-state index in [0.29, 0.717) is 63.7 Å². The number of nitrogens with zero attached hydrogens (tertiary/aromatic N) is 7. The Kier molecular flexibility index (Phi) is 8.95. The summed E-state index contributed by atoms with van der Waals surface area (Å²) in [5, 5.41) is 9.14. The fourth-order valence-electron chi connectivity index (χ4n) is 6.78. The van der Waals surface area contributed by atoms with Gasteiger partial charge in [0.05, 0.1) is 42.2 Å². The summed E-state index contributed by atoms with van der Waals surface area (Å²) in [5.74, 6) is 1.94. The number of methoxy groups -OCH3 is 2. The molecule has 2 aliphatic rings. The highest BCUT2D eigenvalue weighted by Gasteiger charge is 2.52. The number of hydrogen-bond acceptors (Lipinski definition) is 9. The van der Waals surface area contributed by atoms with Crippen LogP contribution in [0.1, 0.15) is 32.2 Å². The summed E-state index contributed by atoms with van der Waals surface area (Å²) in [4.78, 5) is 30.0. The van der Waals surface area contributed by atoms with Crippen LogP contribution in [0.15, 0.2) is 54.9 Å². The molecule has 0 unspecified atom stereocenters. The molecule has 6 heterocycles. The molecule has 2 fully saturated rings. The molecule has 13 heteroatoms. The number of nitrogens with one attached hydrogen (secondary N) is 1. The Morgan fingerprint density at radius 1 is 0.980 bits per heavy atom. The molecule has 0 radical (unpaired) electrons. The van der Waals surface area contributed by atoms with Gasteiger partial charge in [-0.25, -0.2) is 14.5 Å². The maximum absolute atomic E-state index is 11.6. The number of benzene rings is 1. The van der Waals surface area contributed by atoms with Crippen molar-refractivity contribution in [3.05, 3.63) is 76.3 Å². The minimum atomic E-state index is 0.139. The Morgan fingerprint density at radius 3 is 2.45 bits per heavy atom. The van der Waals surface area contributed by atoms with Gasteiger partial charge >= 0.3 is 0 Å². The third-order valence-corrected chi connectivity index (χ3v) is 9.99. The van der Waals surface area contributed by atoms with Crippen LogP contribution in [-0.4, -0.2) is 86.7 Å². The van der Waals surface area contributed by atoms with Gasteiger partial charge in [0.15, 0.2) is 17.2 Å². The smallest absolute Gasteiger partial charge is 0.219 e. The highest BCUT2D eigenvalue weighted by molar-refractivity contribution is 6.39. The van der Waals surface area contributed by atoms with E-state index >= 15 is 0 Å². The van der Waals surface area contributed by atoms with Crippen LogP contribution in [-0.2, 0) is 17.9 Å². The van der Waals surface area contributed by atoms with Crippen LogP contribution in [0.4, 0.5) is 0 Å². The van der Waals surface area contributed by atoms with Crippen molar-refractivity contribution in [2.45, 2.75) is 39.9 Å². The van der Waals surface area contributed by atoms with E-state index in [0.717, 1.165) is 54.0 Å². The van der Waals surface area contributed by atoms with Crippen molar-refractivity contribution in [2.24, 2.45) is 5.41 Å². The summed E-state index contributed by atoms with van der Waals surface area (Å²) in [5.41, 5.74) is 6.00. The molecule has 2 saturated heterocycles. The Balaban J connectivity index is 1.16. The van der Waals surface area contributed by atoms with Crippen molar-refractivity contribution in [2.75, 3.05) is 40.4 Å². The normalized spacial score (nSPS) is 15.5. The predicted octanol–water partition coefficient (Wildman–Crippen LogP) is 6.01. The monoisotopic (exact) mass is 700 g/mol. The molecule has 1 aromatic carbocycles. The van der Waals surface area contributed by atoms with Crippen molar-refractivity contribution in [3.8, 4) is 45.3 Å². The molecule has 7 rings (SSSR count). The zero-order valence-corrected chi connectivity index (χ0v) is 29.6. The number of likely N-dealkylation sites (tertiary alicyclic amines) is 2. The van der Waals surface area contributed by atoms with Crippen LogP contribution in [0.5, 0.6) is 11.6 Å². The lowest BCUT2D eigenvalue weighted by atomic mass is 9.73.